The summed E-state index contributed by atoms with van der Waals surface area (Å²) in [5.74, 6) is 0.821. The van der Waals surface area contributed by atoms with Crippen LogP contribution in [0.1, 0.15) is 18.4 Å². The lowest BCUT2D eigenvalue weighted by molar-refractivity contribution is -0.134. The molecule has 1 aliphatic rings. The lowest BCUT2D eigenvalue weighted by atomic mass is 10.1. The molecule has 19 heavy (non-hydrogen) atoms. The number of hydrogen-bond acceptors (Lipinski definition) is 3. The van der Waals surface area contributed by atoms with E-state index in [-0.39, 0.29) is 12.5 Å². The Kier molecular flexibility index (Phi) is 4.80. The van der Waals surface area contributed by atoms with Crippen LogP contribution in [0, 0.1) is 6.92 Å². The smallest absolute Gasteiger partial charge is 0.260 e. The maximum absolute atomic E-state index is 12.1. The predicted molar refractivity (Wildman–Crippen MR) is 75.3 cm³/mol. The van der Waals surface area contributed by atoms with Gasteiger partial charge in [-0.3, -0.25) is 4.79 Å². The highest BCUT2D eigenvalue weighted by Crippen LogP contribution is 2.13. The zero-order valence-electron chi connectivity index (χ0n) is 11.7. The Hall–Kier alpha value is -1.55. The molecule has 0 aliphatic carbocycles. The topological polar surface area (TPSA) is 41.6 Å². The third-order valence-electron chi connectivity index (χ3n) is 3.57. The maximum atomic E-state index is 12.1. The Labute approximate surface area is 114 Å². The highest BCUT2D eigenvalue weighted by molar-refractivity contribution is 5.77. The van der Waals surface area contributed by atoms with Gasteiger partial charge in [0.05, 0.1) is 0 Å². The molecule has 1 N–H and O–H groups in total. The van der Waals surface area contributed by atoms with Gasteiger partial charge < -0.3 is 15.0 Å². The van der Waals surface area contributed by atoms with Crippen molar-refractivity contribution >= 4 is 5.91 Å². The summed E-state index contributed by atoms with van der Waals surface area (Å²) in [6.45, 7) is 3.78. The summed E-state index contributed by atoms with van der Waals surface area (Å²) < 4.78 is 5.53. The molecule has 4 heteroatoms. The molecule has 1 aromatic carbocycles. The van der Waals surface area contributed by atoms with Gasteiger partial charge >= 0.3 is 0 Å². The molecule has 1 fully saturated rings. The first-order valence-electron chi connectivity index (χ1n) is 6.83. The van der Waals surface area contributed by atoms with Crippen LogP contribution in [0.2, 0.25) is 0 Å². The second-order valence-corrected chi connectivity index (χ2v) is 5.07. The number of amides is 1. The number of benzene rings is 1. The van der Waals surface area contributed by atoms with E-state index in [0.717, 1.165) is 31.7 Å². The largest absolute Gasteiger partial charge is 0.484 e. The van der Waals surface area contributed by atoms with Crippen LogP contribution in [0.4, 0.5) is 0 Å². The number of likely N-dealkylation sites (N-methyl/N-ethyl adjacent to an activating group) is 1. The monoisotopic (exact) mass is 262 g/mol. The molecule has 0 saturated carbocycles. The van der Waals surface area contributed by atoms with Crippen LogP contribution in [-0.2, 0) is 4.79 Å². The molecule has 0 unspecified atom stereocenters. The van der Waals surface area contributed by atoms with E-state index < -0.39 is 0 Å². The fraction of sp³-hybridized carbons (Fsp3) is 0.533. The Morgan fingerprint density at radius 3 is 2.84 bits per heavy atom. The Balaban J connectivity index is 1.82. The lowest BCUT2D eigenvalue weighted by Gasteiger charge is -2.32. The van der Waals surface area contributed by atoms with Crippen molar-refractivity contribution in [1.29, 1.82) is 0 Å². The summed E-state index contributed by atoms with van der Waals surface area (Å²) in [5, 5.41) is 3.23. The number of ether oxygens (including phenoxy) is 1. The average Bonchev–Trinajstić information content (AvgIpc) is 2.46. The molecule has 0 aromatic heterocycles. The van der Waals surface area contributed by atoms with Gasteiger partial charge in [-0.2, -0.15) is 0 Å². The van der Waals surface area contributed by atoms with E-state index in [0.29, 0.717) is 6.04 Å². The van der Waals surface area contributed by atoms with Crippen molar-refractivity contribution in [3.63, 3.8) is 0 Å². The Bertz CT molecular complexity index is 417. The summed E-state index contributed by atoms with van der Waals surface area (Å²) in [4.78, 5) is 14.0. The fourth-order valence-corrected chi connectivity index (χ4v) is 2.31. The van der Waals surface area contributed by atoms with Crippen molar-refractivity contribution in [2.24, 2.45) is 0 Å². The number of likely N-dealkylation sites (tertiary alicyclic amines) is 1. The molecule has 2 rings (SSSR count). The first kappa shape index (κ1) is 13.9. The van der Waals surface area contributed by atoms with Crippen LogP contribution in [0.3, 0.4) is 0 Å². The summed E-state index contributed by atoms with van der Waals surface area (Å²) in [6.07, 6.45) is 2.20. The van der Waals surface area contributed by atoms with Gasteiger partial charge in [0.1, 0.15) is 5.75 Å². The third kappa shape index (κ3) is 3.96. The fourth-order valence-electron chi connectivity index (χ4n) is 2.31. The minimum Gasteiger partial charge on any atom is -0.484 e. The minimum absolute atomic E-state index is 0.0699. The van der Waals surface area contributed by atoms with Crippen LogP contribution < -0.4 is 10.1 Å². The summed E-state index contributed by atoms with van der Waals surface area (Å²) in [7, 11) is 1.95. The van der Waals surface area contributed by atoms with Gasteiger partial charge in [-0.25, -0.2) is 0 Å². The van der Waals surface area contributed by atoms with Crippen molar-refractivity contribution in [1.82, 2.24) is 10.2 Å². The molecule has 0 spiro atoms. The van der Waals surface area contributed by atoms with Crippen molar-refractivity contribution in [2.75, 3.05) is 26.7 Å². The van der Waals surface area contributed by atoms with Crippen molar-refractivity contribution < 1.29 is 9.53 Å². The SMILES string of the molecule is CN[C@@H]1CCCN(C(=O)COc2ccc(C)cc2)C1. The van der Waals surface area contributed by atoms with Crippen LogP contribution in [0.15, 0.2) is 24.3 Å². The molecule has 1 saturated heterocycles. The van der Waals surface area contributed by atoms with E-state index >= 15 is 0 Å². The number of piperidine rings is 1. The maximum Gasteiger partial charge on any atom is 0.260 e. The van der Waals surface area contributed by atoms with E-state index in [2.05, 4.69) is 5.32 Å². The van der Waals surface area contributed by atoms with Gasteiger partial charge in [-0.15, -0.1) is 0 Å². The molecule has 1 heterocycles. The van der Waals surface area contributed by atoms with Crippen molar-refractivity contribution in [3.05, 3.63) is 29.8 Å². The van der Waals surface area contributed by atoms with Gasteiger partial charge in [0, 0.05) is 19.1 Å². The highest BCUT2D eigenvalue weighted by Gasteiger charge is 2.22. The van der Waals surface area contributed by atoms with Gasteiger partial charge in [-0.05, 0) is 38.9 Å². The Morgan fingerprint density at radius 1 is 1.42 bits per heavy atom. The molecule has 0 bridgehead atoms. The first-order chi connectivity index (χ1) is 9.19. The van der Waals surface area contributed by atoms with Gasteiger partial charge in [-0.1, -0.05) is 17.7 Å². The first-order valence-corrected chi connectivity index (χ1v) is 6.83. The van der Waals surface area contributed by atoms with Gasteiger partial charge in [0.2, 0.25) is 0 Å². The summed E-state index contributed by atoms with van der Waals surface area (Å²) in [5.41, 5.74) is 1.19. The average molecular weight is 262 g/mol. The van der Waals surface area contributed by atoms with Crippen LogP contribution in [0.25, 0.3) is 0 Å². The van der Waals surface area contributed by atoms with Crippen LogP contribution in [-0.4, -0.2) is 43.6 Å². The molecule has 1 amide bonds. The number of hydrogen-bond donors (Lipinski definition) is 1. The van der Waals surface area contributed by atoms with Crippen molar-refractivity contribution in [3.8, 4) is 5.75 Å². The minimum atomic E-state index is 0.0699. The molecule has 1 atom stereocenters. The van der Waals surface area contributed by atoms with E-state index in [1.165, 1.54) is 5.56 Å². The number of carbonyl (C=O) groups is 1. The van der Waals surface area contributed by atoms with E-state index in [1.54, 1.807) is 0 Å². The van der Waals surface area contributed by atoms with E-state index in [1.807, 2.05) is 43.1 Å². The van der Waals surface area contributed by atoms with Crippen LogP contribution in [0.5, 0.6) is 5.75 Å². The molecular weight excluding hydrogens is 240 g/mol. The van der Waals surface area contributed by atoms with E-state index in [9.17, 15) is 4.79 Å². The second-order valence-electron chi connectivity index (χ2n) is 5.07. The molecule has 1 aliphatic heterocycles. The summed E-state index contributed by atoms with van der Waals surface area (Å²) >= 11 is 0. The normalized spacial score (nSPS) is 19.3. The van der Waals surface area contributed by atoms with E-state index in [4.69, 9.17) is 4.74 Å². The number of nitrogens with one attached hydrogen (secondary N) is 1. The molecule has 4 nitrogen and oxygen atoms in total. The summed E-state index contributed by atoms with van der Waals surface area (Å²) in [6, 6.07) is 8.18. The molecule has 0 radical (unpaired) electrons. The van der Waals surface area contributed by atoms with Gasteiger partial charge in [0.25, 0.3) is 5.91 Å². The second kappa shape index (κ2) is 6.57. The number of carbonyl (C=O) groups excluding carboxylic acids is 1. The third-order valence-corrected chi connectivity index (χ3v) is 3.57. The lowest BCUT2D eigenvalue weighted by Crippen LogP contribution is -2.48. The van der Waals surface area contributed by atoms with Gasteiger partial charge in [0.15, 0.2) is 6.61 Å². The number of aryl methyl sites for hydroxylation is 1. The standard InChI is InChI=1S/C15H22N2O2/c1-12-5-7-14(8-6-12)19-11-15(18)17-9-3-4-13(10-17)16-2/h5-8,13,16H,3-4,9-11H2,1-2H3/t13-/m1/s1. The van der Waals surface area contributed by atoms with Crippen LogP contribution >= 0.6 is 0 Å². The predicted octanol–water partition coefficient (Wildman–Crippen LogP) is 1.58. The molecule has 1 aromatic rings. The molecule has 104 valence electrons. The highest BCUT2D eigenvalue weighted by atomic mass is 16.5. The number of rotatable bonds is 4. The number of nitrogens with zero attached hydrogens (tertiary/aromatic N) is 1. The Morgan fingerprint density at radius 2 is 2.16 bits per heavy atom. The molecular formula is C15H22N2O2. The van der Waals surface area contributed by atoms with Crippen molar-refractivity contribution in [2.45, 2.75) is 25.8 Å². The zero-order chi connectivity index (χ0) is 13.7. The quantitative estimate of drug-likeness (QED) is 0.896. The zero-order valence-corrected chi connectivity index (χ0v) is 11.7.